The van der Waals surface area contributed by atoms with E-state index in [9.17, 15) is 0 Å². The number of pyridine rings is 1. The molecule has 0 fully saturated rings. The molecule has 0 aliphatic carbocycles. The lowest BCUT2D eigenvalue weighted by molar-refractivity contribution is 0.632. The highest BCUT2D eigenvalue weighted by Crippen LogP contribution is 2.40. The zero-order valence-electron chi connectivity index (χ0n) is 16.1. The number of nitrogens with zero attached hydrogens (tertiary/aromatic N) is 4. The van der Waals surface area contributed by atoms with Gasteiger partial charge in [0.15, 0.2) is 5.82 Å². The Labute approximate surface area is 180 Å². The molecule has 0 bridgehead atoms. The number of aromatic nitrogens is 3. The number of hydrogen-bond donors (Lipinski definition) is 0. The first-order valence-electron chi connectivity index (χ1n) is 9.82. The molecule has 0 saturated heterocycles. The van der Waals surface area contributed by atoms with Crippen LogP contribution in [0.5, 0.6) is 0 Å². The molecule has 0 spiro atoms. The SMILES string of the molecule is CCC(CC)c1ccc(Cl)c2nc3n(c12)CCCCN3c1ncc(Cl)cc1Cl. The van der Waals surface area contributed by atoms with Crippen molar-refractivity contribution in [2.24, 2.45) is 0 Å². The summed E-state index contributed by atoms with van der Waals surface area (Å²) in [6.45, 7) is 6.17. The summed E-state index contributed by atoms with van der Waals surface area (Å²) in [6.07, 6.45) is 5.90. The Kier molecular flexibility index (Phi) is 5.73. The second kappa shape index (κ2) is 8.10. The topological polar surface area (TPSA) is 34.0 Å². The Hall–Kier alpha value is -1.49. The lowest BCUT2D eigenvalue weighted by Gasteiger charge is -2.22. The van der Waals surface area contributed by atoms with Gasteiger partial charge in [-0.3, -0.25) is 4.90 Å². The fourth-order valence-corrected chi connectivity index (χ4v) is 4.82. The molecular weight excluding hydrogens is 415 g/mol. The molecule has 0 atom stereocenters. The molecule has 0 unspecified atom stereocenters. The van der Waals surface area contributed by atoms with E-state index in [1.165, 1.54) is 5.56 Å². The van der Waals surface area contributed by atoms with Gasteiger partial charge in [0.05, 0.1) is 20.6 Å². The van der Waals surface area contributed by atoms with Gasteiger partial charge in [0, 0.05) is 19.3 Å². The van der Waals surface area contributed by atoms with Crippen LogP contribution in [0, 0.1) is 0 Å². The van der Waals surface area contributed by atoms with Gasteiger partial charge in [-0.2, -0.15) is 0 Å². The summed E-state index contributed by atoms with van der Waals surface area (Å²) >= 11 is 19.1. The van der Waals surface area contributed by atoms with Crippen LogP contribution >= 0.6 is 34.8 Å². The van der Waals surface area contributed by atoms with Crippen LogP contribution in [-0.4, -0.2) is 21.1 Å². The van der Waals surface area contributed by atoms with E-state index in [4.69, 9.17) is 39.8 Å². The van der Waals surface area contributed by atoms with Crippen molar-refractivity contribution in [3.05, 3.63) is 45.0 Å². The van der Waals surface area contributed by atoms with Gasteiger partial charge in [-0.25, -0.2) is 9.97 Å². The summed E-state index contributed by atoms with van der Waals surface area (Å²) in [5.74, 6) is 2.02. The maximum Gasteiger partial charge on any atom is 0.212 e. The number of hydrogen-bond acceptors (Lipinski definition) is 3. The van der Waals surface area contributed by atoms with Gasteiger partial charge in [0.2, 0.25) is 5.95 Å². The molecule has 1 aromatic carbocycles. The first-order chi connectivity index (χ1) is 13.5. The van der Waals surface area contributed by atoms with Crippen LogP contribution < -0.4 is 4.90 Å². The van der Waals surface area contributed by atoms with E-state index >= 15 is 0 Å². The molecule has 3 heterocycles. The largest absolute Gasteiger partial charge is 0.309 e. The van der Waals surface area contributed by atoms with E-state index in [0.29, 0.717) is 26.8 Å². The predicted molar refractivity (Wildman–Crippen MR) is 119 cm³/mol. The van der Waals surface area contributed by atoms with Gasteiger partial charge in [-0.1, -0.05) is 54.7 Å². The minimum absolute atomic E-state index is 0.481. The molecule has 3 aromatic rings. The third kappa shape index (κ3) is 3.36. The summed E-state index contributed by atoms with van der Waals surface area (Å²) in [7, 11) is 0. The highest BCUT2D eigenvalue weighted by atomic mass is 35.5. The first kappa shape index (κ1) is 19.8. The average Bonchev–Trinajstić information content (AvgIpc) is 2.94. The minimum Gasteiger partial charge on any atom is -0.309 e. The summed E-state index contributed by atoms with van der Waals surface area (Å²) in [5, 5.41) is 1.73. The minimum atomic E-state index is 0.481. The second-order valence-corrected chi connectivity index (χ2v) is 8.48. The van der Waals surface area contributed by atoms with Gasteiger partial charge >= 0.3 is 0 Å². The van der Waals surface area contributed by atoms with Crippen LogP contribution in [0.15, 0.2) is 24.4 Å². The standard InChI is InChI=1S/C21H23Cl3N4/c1-3-13(4-2)15-7-8-16(23)18-19(15)27-9-5-6-10-28(21(27)26-18)20-17(24)11-14(22)12-25-20/h7-8,11-13H,3-6,9-10H2,1-2H3. The van der Waals surface area contributed by atoms with Gasteiger partial charge in [0.25, 0.3) is 0 Å². The van der Waals surface area contributed by atoms with E-state index in [-0.39, 0.29) is 0 Å². The maximum atomic E-state index is 6.57. The molecule has 28 heavy (non-hydrogen) atoms. The number of aryl methyl sites for hydroxylation is 1. The lowest BCUT2D eigenvalue weighted by Crippen LogP contribution is -2.21. The number of rotatable bonds is 4. The van der Waals surface area contributed by atoms with Gasteiger partial charge in [-0.05, 0) is 49.3 Å². The Bertz CT molecular complexity index is 1010. The zero-order chi connectivity index (χ0) is 19.8. The molecule has 0 N–H and O–H groups in total. The third-order valence-corrected chi connectivity index (χ3v) is 6.37. The van der Waals surface area contributed by atoms with Crippen molar-refractivity contribution in [1.29, 1.82) is 0 Å². The normalized spacial score (nSPS) is 14.6. The Morgan fingerprint density at radius 3 is 2.50 bits per heavy atom. The van der Waals surface area contributed by atoms with E-state index in [0.717, 1.165) is 55.8 Å². The monoisotopic (exact) mass is 436 g/mol. The van der Waals surface area contributed by atoms with E-state index in [2.05, 4.69) is 34.4 Å². The van der Waals surface area contributed by atoms with Crippen molar-refractivity contribution < 1.29 is 0 Å². The van der Waals surface area contributed by atoms with Crippen LogP contribution in [0.2, 0.25) is 15.1 Å². The van der Waals surface area contributed by atoms with Crippen LogP contribution in [0.1, 0.15) is 51.0 Å². The van der Waals surface area contributed by atoms with Crippen LogP contribution in [0.3, 0.4) is 0 Å². The molecule has 2 aromatic heterocycles. The molecular formula is C21H23Cl3N4. The van der Waals surface area contributed by atoms with Crippen LogP contribution in [-0.2, 0) is 6.54 Å². The van der Waals surface area contributed by atoms with Crippen molar-refractivity contribution in [1.82, 2.24) is 14.5 Å². The summed E-state index contributed by atoms with van der Waals surface area (Å²) in [4.78, 5) is 11.6. The zero-order valence-corrected chi connectivity index (χ0v) is 18.3. The smallest absolute Gasteiger partial charge is 0.212 e. The fraction of sp³-hybridized carbons (Fsp3) is 0.429. The van der Waals surface area contributed by atoms with Crippen LogP contribution in [0.4, 0.5) is 11.8 Å². The molecule has 7 heteroatoms. The van der Waals surface area contributed by atoms with Crippen molar-refractivity contribution in [2.75, 3.05) is 11.4 Å². The molecule has 1 aliphatic heterocycles. The predicted octanol–water partition coefficient (Wildman–Crippen LogP) is 7.23. The highest BCUT2D eigenvalue weighted by molar-refractivity contribution is 6.36. The van der Waals surface area contributed by atoms with Gasteiger partial charge < -0.3 is 4.57 Å². The summed E-state index contributed by atoms with van der Waals surface area (Å²) < 4.78 is 2.30. The van der Waals surface area contributed by atoms with Crippen molar-refractivity contribution in [3.8, 4) is 0 Å². The average molecular weight is 438 g/mol. The van der Waals surface area contributed by atoms with Crippen molar-refractivity contribution in [3.63, 3.8) is 0 Å². The number of anilines is 2. The summed E-state index contributed by atoms with van der Waals surface area (Å²) in [6, 6.07) is 5.87. The lowest BCUT2D eigenvalue weighted by atomic mass is 9.93. The van der Waals surface area contributed by atoms with Gasteiger partial charge in [0.1, 0.15) is 5.52 Å². The number of benzene rings is 1. The highest BCUT2D eigenvalue weighted by Gasteiger charge is 2.27. The van der Waals surface area contributed by atoms with Crippen molar-refractivity contribution in [2.45, 2.75) is 52.0 Å². The number of halogens is 3. The molecule has 0 radical (unpaired) electrons. The Morgan fingerprint density at radius 1 is 1.04 bits per heavy atom. The molecule has 0 saturated carbocycles. The first-order valence-corrected chi connectivity index (χ1v) is 11.0. The summed E-state index contributed by atoms with van der Waals surface area (Å²) in [5.41, 5.74) is 3.33. The fourth-order valence-electron chi connectivity index (χ4n) is 4.14. The number of imidazole rings is 1. The quantitative estimate of drug-likeness (QED) is 0.432. The molecule has 1 aliphatic rings. The third-order valence-electron chi connectivity index (χ3n) is 5.58. The van der Waals surface area contributed by atoms with E-state index < -0.39 is 0 Å². The molecule has 4 nitrogen and oxygen atoms in total. The van der Waals surface area contributed by atoms with Gasteiger partial charge in [-0.15, -0.1) is 0 Å². The van der Waals surface area contributed by atoms with Crippen LogP contribution in [0.25, 0.3) is 11.0 Å². The Morgan fingerprint density at radius 2 is 1.79 bits per heavy atom. The second-order valence-electron chi connectivity index (χ2n) is 7.23. The molecule has 0 amide bonds. The van der Waals surface area contributed by atoms with Crippen molar-refractivity contribution >= 4 is 57.6 Å². The van der Waals surface area contributed by atoms with E-state index in [1.807, 2.05) is 6.07 Å². The Balaban J connectivity index is 1.96. The maximum absolute atomic E-state index is 6.57. The molecule has 148 valence electrons. The van der Waals surface area contributed by atoms with E-state index in [1.54, 1.807) is 12.3 Å². The number of fused-ring (bicyclic) bond motifs is 3. The molecule has 4 rings (SSSR count).